The summed E-state index contributed by atoms with van der Waals surface area (Å²) in [6, 6.07) is 6.97. The number of benzene rings is 1. The number of thiazole rings is 1. The summed E-state index contributed by atoms with van der Waals surface area (Å²) in [4.78, 5) is 36.3. The summed E-state index contributed by atoms with van der Waals surface area (Å²) < 4.78 is 0. The smallest absolute Gasteiger partial charge is 0.253 e. The minimum atomic E-state index is 0.00403. The van der Waals surface area contributed by atoms with E-state index in [9.17, 15) is 9.59 Å². The number of nitrogens with zero attached hydrogens (tertiary/aromatic N) is 4. The Morgan fingerprint density at radius 3 is 2.27 bits per heavy atom. The highest BCUT2D eigenvalue weighted by Crippen LogP contribution is 2.23. The van der Waals surface area contributed by atoms with Crippen molar-refractivity contribution < 1.29 is 9.59 Å². The van der Waals surface area contributed by atoms with E-state index in [2.05, 4.69) is 15.3 Å². The number of piperidine rings is 1. The number of amides is 2. The van der Waals surface area contributed by atoms with E-state index in [1.165, 1.54) is 0 Å². The van der Waals surface area contributed by atoms with Crippen molar-refractivity contribution in [1.82, 2.24) is 19.7 Å². The molecule has 160 valence electrons. The van der Waals surface area contributed by atoms with Gasteiger partial charge in [0.05, 0.1) is 10.7 Å². The van der Waals surface area contributed by atoms with Gasteiger partial charge < -0.3 is 9.80 Å². The summed E-state index contributed by atoms with van der Waals surface area (Å²) in [5.41, 5.74) is 1.77. The van der Waals surface area contributed by atoms with Crippen LogP contribution in [0.2, 0.25) is 5.02 Å². The molecule has 0 N–H and O–H groups in total. The Bertz CT molecular complexity index is 885. The number of aryl methyl sites for hydroxylation is 1. The predicted molar refractivity (Wildman–Crippen MR) is 119 cm³/mol. The third kappa shape index (κ3) is 5.02. The van der Waals surface area contributed by atoms with Crippen LogP contribution >= 0.6 is 22.9 Å². The van der Waals surface area contributed by atoms with E-state index < -0.39 is 0 Å². The van der Waals surface area contributed by atoms with E-state index >= 15 is 0 Å². The molecular weight excluding hydrogens is 420 g/mol. The molecule has 2 fully saturated rings. The molecule has 8 heteroatoms. The van der Waals surface area contributed by atoms with Gasteiger partial charge in [-0.05, 0) is 57.1 Å². The summed E-state index contributed by atoms with van der Waals surface area (Å²) in [7, 11) is 0. The number of aromatic nitrogens is 1. The van der Waals surface area contributed by atoms with E-state index in [1.807, 2.05) is 16.7 Å². The molecular formula is C22H27ClN4O2S. The number of hydrogen-bond acceptors (Lipinski definition) is 5. The first-order chi connectivity index (χ1) is 14.5. The molecule has 0 atom stereocenters. The molecule has 1 aromatic carbocycles. The van der Waals surface area contributed by atoms with Gasteiger partial charge in [-0.3, -0.25) is 14.5 Å². The zero-order valence-electron chi connectivity index (χ0n) is 17.2. The average Bonchev–Trinajstić information content (AvgIpc) is 3.18. The van der Waals surface area contributed by atoms with Crippen LogP contribution in [0, 0.1) is 12.8 Å². The van der Waals surface area contributed by atoms with Gasteiger partial charge in [-0.15, -0.1) is 11.3 Å². The zero-order valence-corrected chi connectivity index (χ0v) is 18.8. The first kappa shape index (κ1) is 21.3. The summed E-state index contributed by atoms with van der Waals surface area (Å²) in [5.74, 6) is 0.346. The number of likely N-dealkylation sites (tertiary alicyclic amines) is 1. The van der Waals surface area contributed by atoms with E-state index in [1.54, 1.807) is 35.6 Å². The Morgan fingerprint density at radius 2 is 1.67 bits per heavy atom. The van der Waals surface area contributed by atoms with Gasteiger partial charge in [0.1, 0.15) is 0 Å². The third-order valence-electron chi connectivity index (χ3n) is 5.96. The first-order valence-electron chi connectivity index (χ1n) is 10.5. The molecule has 2 amide bonds. The summed E-state index contributed by atoms with van der Waals surface area (Å²) in [6.07, 6.45) is 1.79. The van der Waals surface area contributed by atoms with Crippen LogP contribution in [-0.4, -0.2) is 70.8 Å². The van der Waals surface area contributed by atoms with Crippen molar-refractivity contribution in [2.24, 2.45) is 5.92 Å². The Kier molecular flexibility index (Phi) is 6.71. The lowest BCUT2D eigenvalue weighted by Gasteiger charge is -2.38. The normalized spacial score (nSPS) is 18.6. The molecule has 0 radical (unpaired) electrons. The average molecular weight is 447 g/mol. The Hall–Kier alpha value is -1.96. The topological polar surface area (TPSA) is 56.8 Å². The fraction of sp³-hybridized carbons (Fsp3) is 0.500. The molecule has 0 spiro atoms. The van der Waals surface area contributed by atoms with Crippen LogP contribution in [0.1, 0.15) is 33.9 Å². The Balaban J connectivity index is 1.23. The van der Waals surface area contributed by atoms with Crippen LogP contribution in [0.25, 0.3) is 0 Å². The lowest BCUT2D eigenvalue weighted by molar-refractivity contribution is -0.138. The van der Waals surface area contributed by atoms with Gasteiger partial charge in [-0.2, -0.15) is 0 Å². The maximum absolute atomic E-state index is 13.0. The maximum atomic E-state index is 13.0. The minimum Gasteiger partial charge on any atom is -0.339 e. The number of carbonyl (C=O) groups is 2. The van der Waals surface area contributed by atoms with Gasteiger partial charge in [0.2, 0.25) is 5.91 Å². The summed E-state index contributed by atoms with van der Waals surface area (Å²) in [6.45, 7) is 7.14. The molecule has 2 aliphatic heterocycles. The lowest BCUT2D eigenvalue weighted by Crippen LogP contribution is -2.52. The molecule has 30 heavy (non-hydrogen) atoms. The largest absolute Gasteiger partial charge is 0.339 e. The molecule has 0 unspecified atom stereocenters. The van der Waals surface area contributed by atoms with E-state index in [-0.39, 0.29) is 17.7 Å². The van der Waals surface area contributed by atoms with E-state index in [4.69, 9.17) is 11.6 Å². The molecule has 1 aromatic heterocycles. The van der Waals surface area contributed by atoms with Crippen LogP contribution in [0.5, 0.6) is 0 Å². The second-order valence-corrected chi connectivity index (χ2v) is 9.53. The highest BCUT2D eigenvalue weighted by atomic mass is 35.5. The predicted octanol–water partition coefficient (Wildman–Crippen LogP) is 3.30. The molecule has 3 heterocycles. The fourth-order valence-corrected chi connectivity index (χ4v) is 4.94. The van der Waals surface area contributed by atoms with Crippen molar-refractivity contribution in [3.8, 4) is 0 Å². The van der Waals surface area contributed by atoms with E-state index in [0.29, 0.717) is 36.8 Å². The van der Waals surface area contributed by atoms with Crippen LogP contribution in [0.4, 0.5) is 0 Å². The SMILES string of the molecule is Cc1nc(CN2CCC(C(=O)N3CCN(C(=O)c4ccc(Cl)cc4)CC3)CC2)cs1. The molecule has 2 aromatic rings. The van der Waals surface area contributed by atoms with E-state index in [0.717, 1.165) is 43.2 Å². The molecule has 2 aliphatic rings. The minimum absolute atomic E-state index is 0.00403. The van der Waals surface area contributed by atoms with Gasteiger partial charge in [-0.1, -0.05) is 11.6 Å². The van der Waals surface area contributed by atoms with Gasteiger partial charge in [0.25, 0.3) is 5.91 Å². The van der Waals surface area contributed by atoms with Crippen molar-refractivity contribution in [3.05, 3.63) is 50.9 Å². The van der Waals surface area contributed by atoms with Crippen molar-refractivity contribution in [2.75, 3.05) is 39.3 Å². The van der Waals surface area contributed by atoms with Crippen LogP contribution < -0.4 is 0 Å². The highest BCUT2D eigenvalue weighted by molar-refractivity contribution is 7.09. The molecule has 0 aliphatic carbocycles. The van der Waals surface area contributed by atoms with Gasteiger partial charge in [-0.25, -0.2) is 4.98 Å². The number of rotatable bonds is 4. The van der Waals surface area contributed by atoms with Crippen LogP contribution in [0.3, 0.4) is 0 Å². The first-order valence-corrected chi connectivity index (χ1v) is 11.7. The van der Waals surface area contributed by atoms with Gasteiger partial charge in [0.15, 0.2) is 0 Å². The third-order valence-corrected chi connectivity index (χ3v) is 7.03. The number of hydrogen-bond donors (Lipinski definition) is 0. The number of halogens is 1. The molecule has 4 rings (SSSR count). The number of carbonyl (C=O) groups excluding carboxylic acids is 2. The molecule has 0 saturated carbocycles. The monoisotopic (exact) mass is 446 g/mol. The summed E-state index contributed by atoms with van der Waals surface area (Å²) in [5, 5.41) is 3.84. The zero-order chi connectivity index (χ0) is 21.1. The second kappa shape index (κ2) is 9.45. The van der Waals surface area contributed by atoms with Crippen molar-refractivity contribution in [2.45, 2.75) is 26.3 Å². The molecule has 2 saturated heterocycles. The standard InChI is InChI=1S/C22H27ClN4O2S/c1-16-24-20(15-30-16)14-25-8-6-18(7-9-25)22(29)27-12-10-26(11-13-27)21(28)17-2-4-19(23)5-3-17/h2-5,15,18H,6-14H2,1H3. The Morgan fingerprint density at radius 1 is 1.03 bits per heavy atom. The van der Waals surface area contributed by atoms with Crippen molar-refractivity contribution >= 4 is 34.8 Å². The second-order valence-electron chi connectivity index (χ2n) is 8.03. The van der Waals surface area contributed by atoms with Crippen LogP contribution in [0.15, 0.2) is 29.6 Å². The Labute approximate surface area is 186 Å². The van der Waals surface area contributed by atoms with Gasteiger partial charge >= 0.3 is 0 Å². The fourth-order valence-electron chi connectivity index (χ4n) is 4.21. The highest BCUT2D eigenvalue weighted by Gasteiger charge is 2.31. The van der Waals surface area contributed by atoms with Crippen molar-refractivity contribution in [1.29, 1.82) is 0 Å². The van der Waals surface area contributed by atoms with Gasteiger partial charge in [0, 0.05) is 54.6 Å². The quantitative estimate of drug-likeness (QED) is 0.723. The lowest BCUT2D eigenvalue weighted by atomic mass is 9.95. The molecule has 0 bridgehead atoms. The van der Waals surface area contributed by atoms with Crippen LogP contribution in [-0.2, 0) is 11.3 Å². The molecule has 6 nitrogen and oxygen atoms in total. The summed E-state index contributed by atoms with van der Waals surface area (Å²) >= 11 is 7.59. The van der Waals surface area contributed by atoms with Crippen molar-refractivity contribution in [3.63, 3.8) is 0 Å². The maximum Gasteiger partial charge on any atom is 0.253 e. The number of piperazine rings is 1.